The molecule has 0 aliphatic carbocycles. The summed E-state index contributed by atoms with van der Waals surface area (Å²) in [5.74, 6) is -0.232. The van der Waals surface area contributed by atoms with Crippen LogP contribution in [-0.4, -0.2) is 37.2 Å². The van der Waals surface area contributed by atoms with E-state index in [1.54, 1.807) is 36.8 Å². The number of carbonyl (C=O) groups excluding carboxylic acids is 1. The highest BCUT2D eigenvalue weighted by atomic mass is 32.2. The van der Waals surface area contributed by atoms with Crippen LogP contribution in [0, 0.1) is 0 Å². The van der Waals surface area contributed by atoms with Gasteiger partial charge in [0.1, 0.15) is 0 Å². The fourth-order valence-corrected chi connectivity index (χ4v) is 3.11. The number of hydrogen-bond acceptors (Lipinski definition) is 4. The fraction of sp³-hybridized carbons (Fsp3) is 0.158. The zero-order valence-electron chi connectivity index (χ0n) is 15.0. The van der Waals surface area contributed by atoms with E-state index in [4.69, 9.17) is 0 Å². The average molecular weight is 384 g/mol. The summed E-state index contributed by atoms with van der Waals surface area (Å²) in [6, 6.07) is 14.2. The van der Waals surface area contributed by atoms with E-state index in [-0.39, 0.29) is 5.91 Å². The number of imidazole rings is 1. The van der Waals surface area contributed by atoms with Crippen LogP contribution in [-0.2, 0) is 16.6 Å². The van der Waals surface area contributed by atoms with Crippen molar-refractivity contribution >= 4 is 21.6 Å². The number of anilines is 1. The Labute approximate surface area is 158 Å². The molecular weight excluding hydrogens is 364 g/mol. The van der Waals surface area contributed by atoms with Crippen LogP contribution in [0.4, 0.5) is 5.69 Å². The Bertz CT molecular complexity index is 1030. The van der Waals surface area contributed by atoms with Gasteiger partial charge in [0.2, 0.25) is 10.0 Å². The average Bonchev–Trinajstić information content (AvgIpc) is 3.19. The summed E-state index contributed by atoms with van der Waals surface area (Å²) in [7, 11) is -1.87. The monoisotopic (exact) mass is 384 g/mol. The second kappa shape index (κ2) is 7.63. The third kappa shape index (κ3) is 4.35. The second-order valence-corrected chi connectivity index (χ2v) is 8.07. The maximum Gasteiger partial charge on any atom is 0.251 e. The quantitative estimate of drug-likeness (QED) is 0.706. The zero-order valence-corrected chi connectivity index (χ0v) is 15.8. The molecule has 3 aromatic rings. The number of benzene rings is 2. The van der Waals surface area contributed by atoms with Crippen LogP contribution in [0.3, 0.4) is 0 Å². The fourth-order valence-electron chi connectivity index (χ4n) is 2.61. The molecule has 0 fully saturated rings. The lowest BCUT2D eigenvalue weighted by molar-refractivity contribution is 0.0951. The van der Waals surface area contributed by atoms with Crippen LogP contribution in [0.25, 0.3) is 5.69 Å². The predicted molar refractivity (Wildman–Crippen MR) is 104 cm³/mol. The predicted octanol–water partition coefficient (Wildman–Crippen LogP) is 2.20. The Morgan fingerprint density at radius 1 is 1.15 bits per heavy atom. The first-order valence-corrected chi connectivity index (χ1v) is 10.1. The van der Waals surface area contributed by atoms with E-state index >= 15 is 0 Å². The molecule has 0 bridgehead atoms. The van der Waals surface area contributed by atoms with Gasteiger partial charge in [-0.05, 0) is 35.9 Å². The number of rotatable bonds is 6. The summed E-state index contributed by atoms with van der Waals surface area (Å²) in [5.41, 5.74) is 2.86. The van der Waals surface area contributed by atoms with Gasteiger partial charge in [0.15, 0.2) is 0 Å². The van der Waals surface area contributed by atoms with Crippen LogP contribution >= 0.6 is 0 Å². The molecular formula is C19H20N4O3S. The first-order valence-electron chi connectivity index (χ1n) is 8.24. The highest BCUT2D eigenvalue weighted by Gasteiger charge is 2.13. The topological polar surface area (TPSA) is 84.3 Å². The van der Waals surface area contributed by atoms with Gasteiger partial charge >= 0.3 is 0 Å². The SMILES string of the molecule is CN(c1ccc(C(=O)NCc2ccccc2-n2ccnc2)cc1)S(C)(=O)=O. The molecule has 0 aliphatic heterocycles. The van der Waals surface area contributed by atoms with E-state index in [0.717, 1.165) is 21.8 Å². The molecule has 0 atom stereocenters. The Balaban J connectivity index is 1.70. The minimum Gasteiger partial charge on any atom is -0.348 e. The first-order chi connectivity index (χ1) is 12.9. The Morgan fingerprint density at radius 2 is 1.85 bits per heavy atom. The number of nitrogens with zero attached hydrogens (tertiary/aromatic N) is 3. The number of sulfonamides is 1. The lowest BCUT2D eigenvalue weighted by Crippen LogP contribution is -2.25. The minimum atomic E-state index is -3.34. The molecule has 7 nitrogen and oxygen atoms in total. The van der Waals surface area contributed by atoms with Crippen molar-refractivity contribution in [3.05, 3.63) is 78.4 Å². The Morgan fingerprint density at radius 3 is 2.48 bits per heavy atom. The lowest BCUT2D eigenvalue weighted by atomic mass is 10.1. The summed E-state index contributed by atoms with van der Waals surface area (Å²) in [4.78, 5) is 16.5. The molecule has 1 amide bonds. The number of amides is 1. The number of aromatic nitrogens is 2. The number of nitrogens with one attached hydrogen (secondary N) is 1. The van der Waals surface area contributed by atoms with E-state index in [2.05, 4.69) is 10.3 Å². The van der Waals surface area contributed by atoms with Gasteiger partial charge in [0.05, 0.1) is 24.0 Å². The summed E-state index contributed by atoms with van der Waals surface area (Å²) in [5, 5.41) is 2.89. The van der Waals surface area contributed by atoms with Crippen molar-refractivity contribution < 1.29 is 13.2 Å². The molecule has 27 heavy (non-hydrogen) atoms. The van der Waals surface area contributed by atoms with E-state index in [9.17, 15) is 13.2 Å². The normalized spacial score (nSPS) is 11.2. The molecule has 0 unspecified atom stereocenters. The van der Waals surface area contributed by atoms with Crippen molar-refractivity contribution in [2.75, 3.05) is 17.6 Å². The standard InChI is InChI=1S/C19H20N4O3S/c1-22(27(2,25)26)17-9-7-15(8-10-17)19(24)21-13-16-5-3-4-6-18(16)23-12-11-20-14-23/h3-12,14H,13H2,1-2H3,(H,21,24). The van der Waals surface area contributed by atoms with Crippen molar-refractivity contribution in [1.29, 1.82) is 0 Å². The van der Waals surface area contributed by atoms with Gasteiger partial charge < -0.3 is 9.88 Å². The summed E-state index contributed by atoms with van der Waals surface area (Å²) >= 11 is 0. The van der Waals surface area contributed by atoms with Gasteiger partial charge in [-0.3, -0.25) is 9.10 Å². The molecule has 2 aromatic carbocycles. The minimum absolute atomic E-state index is 0.232. The second-order valence-electron chi connectivity index (χ2n) is 6.06. The Hall–Kier alpha value is -3.13. The smallest absolute Gasteiger partial charge is 0.251 e. The number of hydrogen-bond donors (Lipinski definition) is 1. The zero-order chi connectivity index (χ0) is 19.4. The number of carbonyl (C=O) groups is 1. The molecule has 0 saturated heterocycles. The largest absolute Gasteiger partial charge is 0.348 e. The van der Waals surface area contributed by atoms with Gasteiger partial charge in [-0.2, -0.15) is 0 Å². The van der Waals surface area contributed by atoms with Crippen LogP contribution in [0.1, 0.15) is 15.9 Å². The third-order valence-electron chi connectivity index (χ3n) is 4.20. The molecule has 0 spiro atoms. The molecule has 1 heterocycles. The van der Waals surface area contributed by atoms with Crippen molar-refractivity contribution in [1.82, 2.24) is 14.9 Å². The maximum atomic E-state index is 12.4. The summed E-state index contributed by atoms with van der Waals surface area (Å²) in [6.07, 6.45) is 6.38. The molecule has 0 aliphatic rings. The summed E-state index contributed by atoms with van der Waals surface area (Å²) in [6.45, 7) is 0.359. The van der Waals surface area contributed by atoms with Crippen molar-refractivity contribution in [3.63, 3.8) is 0 Å². The molecule has 1 N–H and O–H groups in total. The molecule has 8 heteroatoms. The summed E-state index contributed by atoms with van der Waals surface area (Å²) < 4.78 is 26.2. The first kappa shape index (κ1) is 18.7. The molecule has 0 saturated carbocycles. The molecule has 3 rings (SSSR count). The van der Waals surface area contributed by atoms with Crippen molar-refractivity contribution in [2.45, 2.75) is 6.54 Å². The van der Waals surface area contributed by atoms with Crippen LogP contribution in [0.5, 0.6) is 0 Å². The van der Waals surface area contributed by atoms with Crippen LogP contribution < -0.4 is 9.62 Å². The lowest BCUT2D eigenvalue weighted by Gasteiger charge is -2.16. The Kier molecular flexibility index (Phi) is 5.27. The van der Waals surface area contributed by atoms with Gasteiger partial charge in [-0.25, -0.2) is 13.4 Å². The maximum absolute atomic E-state index is 12.4. The van der Waals surface area contributed by atoms with Gasteiger partial charge in [0, 0.05) is 31.5 Å². The van der Waals surface area contributed by atoms with E-state index in [0.29, 0.717) is 17.8 Å². The van der Waals surface area contributed by atoms with Crippen LogP contribution in [0.15, 0.2) is 67.3 Å². The van der Waals surface area contributed by atoms with E-state index in [1.165, 1.54) is 7.05 Å². The third-order valence-corrected chi connectivity index (χ3v) is 5.41. The van der Waals surface area contributed by atoms with Gasteiger partial charge in [-0.15, -0.1) is 0 Å². The highest BCUT2D eigenvalue weighted by molar-refractivity contribution is 7.92. The van der Waals surface area contributed by atoms with E-state index in [1.807, 2.05) is 35.0 Å². The van der Waals surface area contributed by atoms with Gasteiger partial charge in [-0.1, -0.05) is 18.2 Å². The van der Waals surface area contributed by atoms with Crippen molar-refractivity contribution in [2.24, 2.45) is 0 Å². The molecule has 1 aromatic heterocycles. The molecule has 140 valence electrons. The number of para-hydroxylation sites is 1. The van der Waals surface area contributed by atoms with E-state index < -0.39 is 10.0 Å². The van der Waals surface area contributed by atoms with Gasteiger partial charge in [0.25, 0.3) is 5.91 Å². The highest BCUT2D eigenvalue weighted by Crippen LogP contribution is 2.17. The van der Waals surface area contributed by atoms with Crippen molar-refractivity contribution in [3.8, 4) is 5.69 Å². The molecule has 0 radical (unpaired) electrons. The van der Waals surface area contributed by atoms with Crippen LogP contribution in [0.2, 0.25) is 0 Å².